The minimum atomic E-state index is -0.263. The number of carbonyl (C=O) groups excluding carboxylic acids is 1. The zero-order valence-corrected chi connectivity index (χ0v) is 16.2. The molecule has 1 aromatic heterocycles. The third-order valence-corrected chi connectivity index (χ3v) is 6.47. The number of hydrogen-bond acceptors (Lipinski definition) is 2. The molecule has 5 heteroatoms. The predicted octanol–water partition coefficient (Wildman–Crippen LogP) is 4.54. The molecule has 1 saturated carbocycles. The summed E-state index contributed by atoms with van der Waals surface area (Å²) in [6.07, 6.45) is 8.68. The van der Waals surface area contributed by atoms with Crippen LogP contribution in [-0.4, -0.2) is 33.7 Å². The summed E-state index contributed by atoms with van der Waals surface area (Å²) in [7, 11) is 1.93. The van der Waals surface area contributed by atoms with Crippen molar-refractivity contribution >= 4 is 5.91 Å². The van der Waals surface area contributed by atoms with Gasteiger partial charge in [-0.15, -0.1) is 0 Å². The highest BCUT2D eigenvalue weighted by atomic mass is 19.1. The summed E-state index contributed by atoms with van der Waals surface area (Å²) >= 11 is 0. The van der Waals surface area contributed by atoms with Crippen LogP contribution in [0.3, 0.4) is 0 Å². The molecule has 0 bridgehead atoms. The van der Waals surface area contributed by atoms with Crippen LogP contribution >= 0.6 is 0 Å². The smallest absolute Gasteiger partial charge is 0.274 e. The van der Waals surface area contributed by atoms with Gasteiger partial charge in [-0.2, -0.15) is 5.10 Å². The minimum absolute atomic E-state index is 0.0361. The molecule has 0 unspecified atom stereocenters. The second-order valence-corrected chi connectivity index (χ2v) is 8.01. The summed E-state index contributed by atoms with van der Waals surface area (Å²) in [4.78, 5) is 15.2. The Kier molecular flexibility index (Phi) is 5.02. The quantitative estimate of drug-likeness (QED) is 0.793. The van der Waals surface area contributed by atoms with Crippen molar-refractivity contribution in [1.29, 1.82) is 0 Å². The Labute approximate surface area is 160 Å². The van der Waals surface area contributed by atoms with Crippen LogP contribution in [0.1, 0.15) is 67.2 Å². The second kappa shape index (κ2) is 7.45. The Morgan fingerprint density at radius 2 is 1.89 bits per heavy atom. The number of fused-ring (bicyclic) bond motifs is 1. The van der Waals surface area contributed by atoms with Gasteiger partial charge in [0, 0.05) is 24.3 Å². The molecule has 2 aliphatic carbocycles. The monoisotopic (exact) mass is 369 g/mol. The van der Waals surface area contributed by atoms with Gasteiger partial charge in [-0.05, 0) is 75.1 Å². The Morgan fingerprint density at radius 3 is 2.56 bits per heavy atom. The van der Waals surface area contributed by atoms with Crippen molar-refractivity contribution in [3.63, 3.8) is 0 Å². The predicted molar refractivity (Wildman–Crippen MR) is 104 cm³/mol. The van der Waals surface area contributed by atoms with Gasteiger partial charge in [0.2, 0.25) is 0 Å². The zero-order chi connectivity index (χ0) is 19.0. The van der Waals surface area contributed by atoms with E-state index in [-0.39, 0.29) is 11.7 Å². The van der Waals surface area contributed by atoms with Crippen molar-refractivity contribution in [3.8, 4) is 5.69 Å². The van der Waals surface area contributed by atoms with Crippen molar-refractivity contribution in [3.05, 3.63) is 47.0 Å². The Morgan fingerprint density at radius 1 is 1.19 bits per heavy atom. The standard InChI is InChI=1S/C22H28FN3O/c1-3-15-7-11-17(12-8-15)25(2)22(27)21-19-5-4-6-20(19)26(24-21)18-13-9-16(23)10-14-18/h9-10,13-15,17H,3-8,11-12H2,1-2H3. The molecule has 1 amide bonds. The molecule has 1 aromatic carbocycles. The first-order valence-corrected chi connectivity index (χ1v) is 10.2. The van der Waals surface area contributed by atoms with Crippen LogP contribution in [-0.2, 0) is 12.8 Å². The summed E-state index contributed by atoms with van der Waals surface area (Å²) in [5.41, 5.74) is 3.60. The van der Waals surface area contributed by atoms with E-state index in [1.807, 2.05) is 16.6 Å². The Bertz CT molecular complexity index is 819. The first-order valence-electron chi connectivity index (χ1n) is 10.2. The van der Waals surface area contributed by atoms with E-state index in [4.69, 9.17) is 0 Å². The average molecular weight is 369 g/mol. The molecule has 0 saturated heterocycles. The SMILES string of the molecule is CCC1CCC(N(C)C(=O)c2nn(-c3ccc(F)cc3)c3c2CCC3)CC1. The highest BCUT2D eigenvalue weighted by Gasteiger charge is 2.32. The molecule has 144 valence electrons. The molecule has 0 radical (unpaired) electrons. The van der Waals surface area contributed by atoms with Gasteiger partial charge in [0.1, 0.15) is 5.82 Å². The van der Waals surface area contributed by atoms with Crippen LogP contribution in [0.25, 0.3) is 5.69 Å². The first kappa shape index (κ1) is 18.2. The molecular formula is C22H28FN3O. The lowest BCUT2D eigenvalue weighted by atomic mass is 9.84. The van der Waals surface area contributed by atoms with E-state index in [9.17, 15) is 9.18 Å². The van der Waals surface area contributed by atoms with Gasteiger partial charge in [-0.1, -0.05) is 13.3 Å². The summed E-state index contributed by atoms with van der Waals surface area (Å²) < 4.78 is 15.1. The normalized spacial score (nSPS) is 21.9. The van der Waals surface area contributed by atoms with Gasteiger partial charge in [-0.25, -0.2) is 9.07 Å². The van der Waals surface area contributed by atoms with Gasteiger partial charge in [0.25, 0.3) is 5.91 Å². The highest BCUT2D eigenvalue weighted by molar-refractivity contribution is 5.94. The number of carbonyl (C=O) groups is 1. The third kappa shape index (κ3) is 3.40. The highest BCUT2D eigenvalue weighted by Crippen LogP contribution is 2.32. The minimum Gasteiger partial charge on any atom is -0.337 e. The molecule has 0 N–H and O–H groups in total. The molecule has 1 heterocycles. The van der Waals surface area contributed by atoms with Gasteiger partial charge >= 0.3 is 0 Å². The van der Waals surface area contributed by atoms with Crippen molar-refractivity contribution in [2.24, 2.45) is 5.92 Å². The van der Waals surface area contributed by atoms with E-state index in [0.29, 0.717) is 11.7 Å². The first-order chi connectivity index (χ1) is 13.1. The Hall–Kier alpha value is -2.17. The summed E-state index contributed by atoms with van der Waals surface area (Å²) in [6, 6.07) is 6.65. The maximum absolute atomic E-state index is 13.3. The number of halogens is 1. The maximum atomic E-state index is 13.3. The van der Waals surface area contributed by atoms with E-state index < -0.39 is 0 Å². The van der Waals surface area contributed by atoms with Crippen molar-refractivity contribution in [1.82, 2.24) is 14.7 Å². The number of amides is 1. The molecular weight excluding hydrogens is 341 g/mol. The fraction of sp³-hybridized carbons (Fsp3) is 0.545. The van der Waals surface area contributed by atoms with E-state index in [1.54, 1.807) is 12.1 Å². The van der Waals surface area contributed by atoms with Gasteiger partial charge in [0.05, 0.1) is 5.69 Å². The number of hydrogen-bond donors (Lipinski definition) is 0. The lowest BCUT2D eigenvalue weighted by molar-refractivity contribution is 0.0667. The molecule has 2 aliphatic rings. The largest absolute Gasteiger partial charge is 0.337 e. The third-order valence-electron chi connectivity index (χ3n) is 6.47. The van der Waals surface area contributed by atoms with Crippen molar-refractivity contribution in [2.75, 3.05) is 7.05 Å². The van der Waals surface area contributed by atoms with Crippen molar-refractivity contribution < 1.29 is 9.18 Å². The van der Waals surface area contributed by atoms with Crippen LogP contribution in [0.2, 0.25) is 0 Å². The molecule has 4 nitrogen and oxygen atoms in total. The van der Waals surface area contributed by atoms with Crippen LogP contribution < -0.4 is 0 Å². The van der Waals surface area contributed by atoms with E-state index >= 15 is 0 Å². The van der Waals surface area contributed by atoms with Crippen molar-refractivity contribution in [2.45, 2.75) is 64.3 Å². The molecule has 2 aromatic rings. The van der Waals surface area contributed by atoms with Gasteiger partial charge in [0.15, 0.2) is 5.69 Å². The number of nitrogens with zero attached hydrogens (tertiary/aromatic N) is 3. The fourth-order valence-corrected chi connectivity index (χ4v) is 4.68. The lowest BCUT2D eigenvalue weighted by Gasteiger charge is -2.34. The molecule has 0 spiro atoms. The summed E-state index contributed by atoms with van der Waals surface area (Å²) in [5.74, 6) is 0.585. The fourth-order valence-electron chi connectivity index (χ4n) is 4.68. The van der Waals surface area contributed by atoms with E-state index in [0.717, 1.165) is 55.0 Å². The van der Waals surface area contributed by atoms with E-state index in [2.05, 4.69) is 12.0 Å². The second-order valence-electron chi connectivity index (χ2n) is 8.01. The maximum Gasteiger partial charge on any atom is 0.274 e. The molecule has 0 aliphatic heterocycles. The zero-order valence-electron chi connectivity index (χ0n) is 16.2. The number of aromatic nitrogens is 2. The summed E-state index contributed by atoms with van der Waals surface area (Å²) in [6.45, 7) is 2.26. The number of benzene rings is 1. The Balaban J connectivity index is 1.59. The average Bonchev–Trinajstić information content (AvgIpc) is 3.30. The van der Waals surface area contributed by atoms with Gasteiger partial charge in [-0.3, -0.25) is 4.79 Å². The van der Waals surface area contributed by atoms with Crippen LogP contribution in [0.4, 0.5) is 4.39 Å². The van der Waals surface area contributed by atoms with E-state index in [1.165, 1.54) is 31.4 Å². The molecule has 27 heavy (non-hydrogen) atoms. The summed E-state index contributed by atoms with van der Waals surface area (Å²) in [5, 5.41) is 4.68. The van der Waals surface area contributed by atoms with Crippen LogP contribution in [0, 0.1) is 11.7 Å². The molecule has 1 fully saturated rings. The van der Waals surface area contributed by atoms with Gasteiger partial charge < -0.3 is 4.90 Å². The number of rotatable bonds is 4. The molecule has 4 rings (SSSR count). The topological polar surface area (TPSA) is 38.1 Å². The molecule has 0 atom stereocenters. The van der Waals surface area contributed by atoms with Crippen LogP contribution in [0.15, 0.2) is 24.3 Å². The lowest BCUT2D eigenvalue weighted by Crippen LogP contribution is -2.40. The van der Waals surface area contributed by atoms with Crippen LogP contribution in [0.5, 0.6) is 0 Å².